The van der Waals surface area contributed by atoms with Crippen LogP contribution in [0.1, 0.15) is 22.8 Å². The second kappa shape index (κ2) is 4.92. The van der Waals surface area contributed by atoms with Crippen LogP contribution >= 0.6 is 27.3 Å². The van der Waals surface area contributed by atoms with E-state index in [2.05, 4.69) is 63.0 Å². The van der Waals surface area contributed by atoms with Crippen molar-refractivity contribution in [1.29, 1.82) is 0 Å². The summed E-state index contributed by atoms with van der Waals surface area (Å²) in [6.07, 6.45) is 1.27. The Kier molecular flexibility index (Phi) is 3.32. The third kappa shape index (κ3) is 2.79. The Morgan fingerprint density at radius 1 is 1.29 bits per heavy atom. The third-order valence-electron chi connectivity index (χ3n) is 3.18. The quantitative estimate of drug-likeness (QED) is 0.894. The average Bonchev–Trinajstić information content (AvgIpc) is 3.03. The topological polar surface area (TPSA) is 12.0 Å². The highest BCUT2D eigenvalue weighted by atomic mass is 79.9. The fraction of sp³-hybridized carbons (Fsp3) is 0.286. The van der Waals surface area contributed by atoms with Crippen molar-refractivity contribution in [3.05, 3.63) is 56.7 Å². The maximum Gasteiger partial charge on any atom is 0.0302 e. The first-order valence-electron chi connectivity index (χ1n) is 5.84. The maximum atomic E-state index is 3.62. The van der Waals surface area contributed by atoms with Crippen molar-refractivity contribution in [3.63, 3.8) is 0 Å². The molecular weight excluding hydrogens is 294 g/mol. The van der Waals surface area contributed by atoms with E-state index in [9.17, 15) is 0 Å². The average molecular weight is 308 g/mol. The van der Waals surface area contributed by atoms with Crippen LogP contribution in [0.4, 0.5) is 0 Å². The van der Waals surface area contributed by atoms with Crippen LogP contribution < -0.4 is 5.32 Å². The molecule has 1 saturated carbocycles. The van der Waals surface area contributed by atoms with Crippen molar-refractivity contribution < 1.29 is 0 Å². The summed E-state index contributed by atoms with van der Waals surface area (Å²) in [4.78, 5) is 1.40. The minimum Gasteiger partial charge on any atom is -0.308 e. The van der Waals surface area contributed by atoms with Crippen LogP contribution in [0, 0.1) is 0 Å². The molecule has 3 heteroatoms. The lowest BCUT2D eigenvalue weighted by Crippen LogP contribution is -2.16. The summed E-state index contributed by atoms with van der Waals surface area (Å²) in [7, 11) is 0. The smallest absolute Gasteiger partial charge is 0.0302 e. The molecule has 0 saturated heterocycles. The molecule has 0 spiro atoms. The van der Waals surface area contributed by atoms with Crippen molar-refractivity contribution in [2.75, 3.05) is 0 Å². The van der Waals surface area contributed by atoms with Crippen LogP contribution in [-0.2, 0) is 6.54 Å². The molecule has 1 N–H and O–H groups in total. The van der Waals surface area contributed by atoms with Gasteiger partial charge in [-0.15, -0.1) is 11.3 Å². The van der Waals surface area contributed by atoms with Gasteiger partial charge in [-0.1, -0.05) is 30.3 Å². The molecule has 0 radical (unpaired) electrons. The first-order valence-corrected chi connectivity index (χ1v) is 7.51. The van der Waals surface area contributed by atoms with Gasteiger partial charge in [0.25, 0.3) is 0 Å². The molecule has 1 aliphatic rings. The van der Waals surface area contributed by atoms with Gasteiger partial charge in [-0.05, 0) is 34.0 Å². The third-order valence-corrected chi connectivity index (χ3v) is 4.88. The van der Waals surface area contributed by atoms with Gasteiger partial charge in [0.15, 0.2) is 0 Å². The zero-order valence-corrected chi connectivity index (χ0v) is 11.8. The summed E-state index contributed by atoms with van der Waals surface area (Å²) in [5.41, 5.74) is 1.47. The van der Waals surface area contributed by atoms with E-state index in [1.165, 1.54) is 21.3 Å². The highest BCUT2D eigenvalue weighted by Gasteiger charge is 2.37. The standard InChI is InChI=1S/C14H14BrNS/c15-11-6-12(17-9-11)8-16-14-7-13(14)10-4-2-1-3-5-10/h1-6,9,13-14,16H,7-8H2/t13?,14-/m0/s1. The molecule has 88 valence electrons. The van der Waals surface area contributed by atoms with Crippen LogP contribution in [0.5, 0.6) is 0 Å². The molecule has 1 unspecified atom stereocenters. The summed E-state index contributed by atoms with van der Waals surface area (Å²) < 4.78 is 1.19. The van der Waals surface area contributed by atoms with E-state index >= 15 is 0 Å². The van der Waals surface area contributed by atoms with Gasteiger partial charge in [0.05, 0.1) is 0 Å². The maximum absolute atomic E-state index is 3.62. The number of rotatable bonds is 4. The van der Waals surface area contributed by atoms with Crippen molar-refractivity contribution in [2.24, 2.45) is 0 Å². The molecule has 17 heavy (non-hydrogen) atoms. The molecule has 1 nitrogen and oxygen atoms in total. The fourth-order valence-electron chi connectivity index (χ4n) is 2.17. The van der Waals surface area contributed by atoms with Crippen LogP contribution in [0.2, 0.25) is 0 Å². The van der Waals surface area contributed by atoms with E-state index in [0.29, 0.717) is 6.04 Å². The SMILES string of the molecule is Brc1csc(CN[C@H]2CC2c2ccccc2)c1. The normalized spacial score (nSPS) is 22.6. The largest absolute Gasteiger partial charge is 0.308 e. The summed E-state index contributed by atoms with van der Waals surface area (Å²) in [6, 6.07) is 13.7. The van der Waals surface area contributed by atoms with Gasteiger partial charge in [-0.25, -0.2) is 0 Å². The fourth-order valence-corrected chi connectivity index (χ4v) is 3.57. The number of nitrogens with one attached hydrogen (secondary N) is 1. The molecule has 3 rings (SSSR count). The number of thiophene rings is 1. The predicted molar refractivity (Wildman–Crippen MR) is 76.4 cm³/mol. The van der Waals surface area contributed by atoms with Gasteiger partial charge in [-0.3, -0.25) is 0 Å². The Hall–Kier alpha value is -0.640. The Morgan fingerprint density at radius 3 is 2.82 bits per heavy atom. The number of halogens is 1. The Labute approximate surface area is 114 Å². The first kappa shape index (κ1) is 11.5. The lowest BCUT2D eigenvalue weighted by Gasteiger charge is -2.02. The first-order chi connectivity index (χ1) is 8.33. The number of hydrogen-bond acceptors (Lipinski definition) is 2. The van der Waals surface area contributed by atoms with E-state index in [4.69, 9.17) is 0 Å². The summed E-state index contributed by atoms with van der Waals surface area (Å²) >= 11 is 5.29. The van der Waals surface area contributed by atoms with E-state index in [1.54, 1.807) is 11.3 Å². The monoisotopic (exact) mass is 307 g/mol. The molecule has 1 aliphatic carbocycles. The molecular formula is C14H14BrNS. The zero-order valence-electron chi connectivity index (χ0n) is 9.40. The van der Waals surface area contributed by atoms with Crippen LogP contribution in [0.3, 0.4) is 0 Å². The number of hydrogen-bond donors (Lipinski definition) is 1. The minimum absolute atomic E-state index is 0.665. The van der Waals surface area contributed by atoms with E-state index in [0.717, 1.165) is 12.5 Å². The molecule has 0 aliphatic heterocycles. The van der Waals surface area contributed by atoms with Crippen LogP contribution in [-0.4, -0.2) is 6.04 Å². The minimum atomic E-state index is 0.665. The van der Waals surface area contributed by atoms with Gasteiger partial charge >= 0.3 is 0 Å². The molecule has 1 fully saturated rings. The molecule has 2 atom stereocenters. The summed E-state index contributed by atoms with van der Waals surface area (Å²) in [5.74, 6) is 0.722. The predicted octanol–water partition coefficient (Wildman–Crippen LogP) is 4.16. The van der Waals surface area contributed by atoms with Crippen LogP contribution in [0.15, 0.2) is 46.3 Å². The number of benzene rings is 1. The highest BCUT2D eigenvalue weighted by Crippen LogP contribution is 2.40. The lowest BCUT2D eigenvalue weighted by atomic mass is 10.1. The van der Waals surface area contributed by atoms with E-state index in [1.807, 2.05) is 0 Å². The molecule has 1 aromatic carbocycles. The molecule has 0 amide bonds. The molecule has 0 bridgehead atoms. The molecule has 1 aromatic heterocycles. The molecule has 2 aromatic rings. The van der Waals surface area contributed by atoms with Gasteiger partial charge in [0.1, 0.15) is 0 Å². The van der Waals surface area contributed by atoms with Gasteiger partial charge in [0, 0.05) is 33.2 Å². The van der Waals surface area contributed by atoms with Crippen molar-refractivity contribution in [1.82, 2.24) is 5.32 Å². The van der Waals surface area contributed by atoms with Crippen molar-refractivity contribution in [2.45, 2.75) is 24.9 Å². The summed E-state index contributed by atoms with van der Waals surface area (Å²) in [6.45, 7) is 0.990. The van der Waals surface area contributed by atoms with Gasteiger partial charge in [0.2, 0.25) is 0 Å². The van der Waals surface area contributed by atoms with E-state index < -0.39 is 0 Å². The second-order valence-electron chi connectivity index (χ2n) is 4.47. The van der Waals surface area contributed by atoms with Crippen LogP contribution in [0.25, 0.3) is 0 Å². The Bertz CT molecular complexity index is 494. The molecule has 1 heterocycles. The van der Waals surface area contributed by atoms with Gasteiger partial charge in [-0.2, -0.15) is 0 Å². The Balaban J connectivity index is 1.53. The van der Waals surface area contributed by atoms with Gasteiger partial charge < -0.3 is 5.32 Å². The van der Waals surface area contributed by atoms with Crippen molar-refractivity contribution >= 4 is 27.3 Å². The van der Waals surface area contributed by atoms with E-state index in [-0.39, 0.29) is 0 Å². The second-order valence-corrected chi connectivity index (χ2v) is 6.38. The lowest BCUT2D eigenvalue weighted by molar-refractivity contribution is 0.679. The highest BCUT2D eigenvalue weighted by molar-refractivity contribution is 9.10. The Morgan fingerprint density at radius 2 is 2.12 bits per heavy atom. The van der Waals surface area contributed by atoms with Crippen molar-refractivity contribution in [3.8, 4) is 0 Å². The zero-order chi connectivity index (χ0) is 11.7. The summed E-state index contributed by atoms with van der Waals surface area (Å²) in [5, 5.41) is 5.76.